The smallest absolute Gasteiger partial charge is 0.244 e. The van der Waals surface area contributed by atoms with Gasteiger partial charge in [-0.2, -0.15) is 0 Å². The molecule has 1 aliphatic carbocycles. The molecular formula is C15H16ClN3O. The minimum Gasteiger partial charge on any atom is -0.323 e. The lowest BCUT2D eigenvalue weighted by atomic mass is 9.96. The number of nitrogens with two attached hydrogens (primary N) is 1. The third-order valence-electron chi connectivity index (χ3n) is 3.83. The standard InChI is InChI=1S/C15H16ClN3O/c1-15(17,10-4-5-10)14(20)19-12-8-11(16)7-9-3-2-6-18-13(9)12/h2-3,6-8,10H,4-5,17H2,1H3,(H,19,20). The molecule has 0 spiro atoms. The fourth-order valence-corrected chi connectivity index (χ4v) is 2.60. The van der Waals surface area contributed by atoms with Crippen molar-refractivity contribution < 1.29 is 4.79 Å². The van der Waals surface area contributed by atoms with Gasteiger partial charge in [-0.1, -0.05) is 17.7 Å². The number of aromatic nitrogens is 1. The molecular weight excluding hydrogens is 274 g/mol. The van der Waals surface area contributed by atoms with Crippen molar-refractivity contribution in [3.63, 3.8) is 0 Å². The third kappa shape index (κ3) is 2.37. The number of hydrogen-bond acceptors (Lipinski definition) is 3. The maximum atomic E-state index is 12.4. The zero-order valence-corrected chi connectivity index (χ0v) is 11.9. The summed E-state index contributed by atoms with van der Waals surface area (Å²) in [6.45, 7) is 1.78. The first-order valence-corrected chi connectivity index (χ1v) is 7.01. The Labute approximate surface area is 122 Å². The zero-order valence-electron chi connectivity index (χ0n) is 11.2. The van der Waals surface area contributed by atoms with Crippen LogP contribution in [0.1, 0.15) is 19.8 Å². The van der Waals surface area contributed by atoms with E-state index in [1.54, 1.807) is 19.2 Å². The number of fused-ring (bicyclic) bond motifs is 1. The van der Waals surface area contributed by atoms with Crippen molar-refractivity contribution in [1.82, 2.24) is 4.98 Å². The molecule has 1 atom stereocenters. The highest BCUT2D eigenvalue weighted by Gasteiger charge is 2.44. The molecule has 1 heterocycles. The van der Waals surface area contributed by atoms with Crippen LogP contribution in [0.5, 0.6) is 0 Å². The lowest BCUT2D eigenvalue weighted by molar-refractivity contribution is -0.121. The second-order valence-electron chi connectivity index (χ2n) is 5.54. The van der Waals surface area contributed by atoms with Crippen LogP contribution in [0, 0.1) is 5.92 Å². The quantitative estimate of drug-likeness (QED) is 0.913. The maximum absolute atomic E-state index is 12.4. The van der Waals surface area contributed by atoms with Crippen molar-refractivity contribution in [3.8, 4) is 0 Å². The van der Waals surface area contributed by atoms with E-state index < -0.39 is 5.54 Å². The highest BCUT2D eigenvalue weighted by Crippen LogP contribution is 2.39. The Hall–Kier alpha value is -1.65. The number of pyridine rings is 1. The number of carbonyl (C=O) groups is 1. The lowest BCUT2D eigenvalue weighted by Gasteiger charge is -2.23. The van der Waals surface area contributed by atoms with Gasteiger partial charge in [-0.3, -0.25) is 9.78 Å². The van der Waals surface area contributed by atoms with Crippen LogP contribution in [-0.4, -0.2) is 16.4 Å². The van der Waals surface area contributed by atoms with Gasteiger partial charge >= 0.3 is 0 Å². The number of hydrogen-bond donors (Lipinski definition) is 2. The molecule has 20 heavy (non-hydrogen) atoms. The van der Waals surface area contributed by atoms with Gasteiger partial charge in [0.15, 0.2) is 0 Å². The van der Waals surface area contributed by atoms with Crippen LogP contribution in [0.4, 0.5) is 5.69 Å². The molecule has 1 unspecified atom stereocenters. The van der Waals surface area contributed by atoms with E-state index in [2.05, 4.69) is 10.3 Å². The summed E-state index contributed by atoms with van der Waals surface area (Å²) < 4.78 is 0. The molecule has 1 aromatic carbocycles. The molecule has 4 nitrogen and oxygen atoms in total. The normalized spacial score (nSPS) is 17.8. The first kappa shape index (κ1) is 13.3. The van der Waals surface area contributed by atoms with Crippen LogP contribution in [0.2, 0.25) is 5.02 Å². The summed E-state index contributed by atoms with van der Waals surface area (Å²) in [6.07, 6.45) is 3.71. The van der Waals surface area contributed by atoms with Crippen LogP contribution in [0.15, 0.2) is 30.5 Å². The summed E-state index contributed by atoms with van der Waals surface area (Å²) in [7, 11) is 0. The number of amides is 1. The molecule has 5 heteroatoms. The third-order valence-corrected chi connectivity index (χ3v) is 4.05. The minimum atomic E-state index is -0.844. The van der Waals surface area contributed by atoms with E-state index in [1.165, 1.54) is 0 Å². The van der Waals surface area contributed by atoms with Crippen molar-refractivity contribution >= 4 is 34.1 Å². The van der Waals surface area contributed by atoms with Gasteiger partial charge in [-0.25, -0.2) is 0 Å². The second kappa shape index (κ2) is 4.72. The van der Waals surface area contributed by atoms with Crippen LogP contribution in [0.3, 0.4) is 0 Å². The van der Waals surface area contributed by atoms with Crippen LogP contribution >= 0.6 is 11.6 Å². The van der Waals surface area contributed by atoms with Crippen LogP contribution in [-0.2, 0) is 4.79 Å². The summed E-state index contributed by atoms with van der Waals surface area (Å²) in [4.78, 5) is 16.7. The highest BCUT2D eigenvalue weighted by molar-refractivity contribution is 6.32. The van der Waals surface area contributed by atoms with E-state index in [-0.39, 0.29) is 11.8 Å². The number of nitrogens with one attached hydrogen (secondary N) is 1. The molecule has 3 rings (SSSR count). The monoisotopic (exact) mass is 289 g/mol. The summed E-state index contributed by atoms with van der Waals surface area (Å²) in [5, 5.41) is 4.33. The SMILES string of the molecule is CC(N)(C(=O)Nc1cc(Cl)cc2cccnc12)C1CC1. The first-order valence-electron chi connectivity index (χ1n) is 6.63. The van der Waals surface area contributed by atoms with Crippen LogP contribution in [0.25, 0.3) is 10.9 Å². The topological polar surface area (TPSA) is 68.0 Å². The fourth-order valence-electron chi connectivity index (χ4n) is 2.38. The van der Waals surface area contributed by atoms with Gasteiger partial charge in [0.2, 0.25) is 5.91 Å². The number of nitrogens with zero attached hydrogens (tertiary/aromatic N) is 1. The van der Waals surface area contributed by atoms with Gasteiger partial charge < -0.3 is 11.1 Å². The predicted molar refractivity (Wildman–Crippen MR) is 80.7 cm³/mol. The summed E-state index contributed by atoms with van der Waals surface area (Å²) >= 11 is 6.09. The number of anilines is 1. The summed E-state index contributed by atoms with van der Waals surface area (Å²) in [5.74, 6) is 0.0788. The molecule has 0 bridgehead atoms. The number of rotatable bonds is 3. The largest absolute Gasteiger partial charge is 0.323 e. The number of halogens is 1. The fraction of sp³-hybridized carbons (Fsp3) is 0.333. The van der Waals surface area contributed by atoms with Gasteiger partial charge in [0.05, 0.1) is 16.7 Å². The molecule has 0 radical (unpaired) electrons. The molecule has 1 aliphatic rings. The Bertz CT molecular complexity index is 680. The van der Waals surface area contributed by atoms with Crippen molar-refractivity contribution in [2.75, 3.05) is 5.32 Å². The summed E-state index contributed by atoms with van der Waals surface area (Å²) in [6, 6.07) is 7.27. The second-order valence-corrected chi connectivity index (χ2v) is 5.98. The van der Waals surface area contributed by atoms with E-state index in [9.17, 15) is 4.79 Å². The number of carbonyl (C=O) groups excluding carboxylic acids is 1. The Morgan fingerprint density at radius 1 is 1.50 bits per heavy atom. The van der Waals surface area contributed by atoms with Gasteiger partial charge in [-0.15, -0.1) is 0 Å². The Morgan fingerprint density at radius 2 is 2.25 bits per heavy atom. The molecule has 1 aromatic heterocycles. The average Bonchev–Trinajstić information content (AvgIpc) is 3.23. The molecule has 2 aromatic rings. The molecule has 104 valence electrons. The summed E-state index contributed by atoms with van der Waals surface area (Å²) in [5.41, 5.74) is 6.61. The van der Waals surface area contributed by atoms with Crippen molar-refractivity contribution in [3.05, 3.63) is 35.5 Å². The highest BCUT2D eigenvalue weighted by atomic mass is 35.5. The predicted octanol–water partition coefficient (Wildman–Crippen LogP) is 2.95. The van der Waals surface area contributed by atoms with Crippen molar-refractivity contribution in [2.24, 2.45) is 11.7 Å². The lowest BCUT2D eigenvalue weighted by Crippen LogP contribution is -2.50. The van der Waals surface area contributed by atoms with E-state index in [0.717, 1.165) is 23.7 Å². The van der Waals surface area contributed by atoms with Crippen LogP contribution < -0.4 is 11.1 Å². The minimum absolute atomic E-state index is 0.186. The van der Waals surface area contributed by atoms with E-state index in [1.807, 2.05) is 18.2 Å². The number of benzene rings is 1. The molecule has 1 saturated carbocycles. The zero-order chi connectivity index (χ0) is 14.3. The Balaban J connectivity index is 1.96. The molecule has 3 N–H and O–H groups in total. The molecule has 1 fully saturated rings. The van der Waals surface area contributed by atoms with Gasteiger partial charge in [0.1, 0.15) is 0 Å². The Kier molecular flexibility index (Phi) is 3.15. The van der Waals surface area contributed by atoms with Gasteiger partial charge in [0, 0.05) is 16.6 Å². The Morgan fingerprint density at radius 3 is 2.95 bits per heavy atom. The molecule has 1 amide bonds. The van der Waals surface area contributed by atoms with Gasteiger partial charge in [0.25, 0.3) is 0 Å². The maximum Gasteiger partial charge on any atom is 0.244 e. The molecule has 0 aliphatic heterocycles. The van der Waals surface area contributed by atoms with E-state index >= 15 is 0 Å². The van der Waals surface area contributed by atoms with Crippen molar-refractivity contribution in [1.29, 1.82) is 0 Å². The average molecular weight is 290 g/mol. The van der Waals surface area contributed by atoms with E-state index in [0.29, 0.717) is 10.7 Å². The van der Waals surface area contributed by atoms with Gasteiger partial charge in [-0.05, 0) is 43.9 Å². The molecule has 0 saturated heterocycles. The first-order chi connectivity index (χ1) is 9.48. The van der Waals surface area contributed by atoms with Crippen molar-refractivity contribution in [2.45, 2.75) is 25.3 Å². The van der Waals surface area contributed by atoms with E-state index in [4.69, 9.17) is 17.3 Å².